The summed E-state index contributed by atoms with van der Waals surface area (Å²) < 4.78 is 5.30. The number of cyclic esters (lactones) is 1. The summed E-state index contributed by atoms with van der Waals surface area (Å²) in [6.45, 7) is 6.46. The van der Waals surface area contributed by atoms with E-state index in [-0.39, 0.29) is 11.1 Å². The van der Waals surface area contributed by atoms with Crippen LogP contribution in [0.4, 0.5) is 0 Å². The van der Waals surface area contributed by atoms with Gasteiger partial charge in [-0.3, -0.25) is 0 Å². The molecule has 3 rings (SSSR count). The Morgan fingerprint density at radius 1 is 1.00 bits per heavy atom. The summed E-state index contributed by atoms with van der Waals surface area (Å²) in [5.41, 5.74) is 3.21. The van der Waals surface area contributed by atoms with Gasteiger partial charge in [0.2, 0.25) is 5.90 Å². The normalized spacial score (nSPS) is 16.2. The molecule has 0 amide bonds. The highest BCUT2D eigenvalue weighted by Gasteiger charge is 2.24. The number of carbonyl (C=O) groups excluding carboxylic acids is 1. The van der Waals surface area contributed by atoms with Gasteiger partial charge in [0.25, 0.3) is 0 Å². The van der Waals surface area contributed by atoms with E-state index in [4.69, 9.17) is 16.3 Å². The monoisotopic (exact) mass is 339 g/mol. The summed E-state index contributed by atoms with van der Waals surface area (Å²) in [4.78, 5) is 16.3. The fourth-order valence-corrected chi connectivity index (χ4v) is 2.49. The van der Waals surface area contributed by atoms with Gasteiger partial charge in [-0.2, -0.15) is 0 Å². The molecule has 0 atom stereocenters. The van der Waals surface area contributed by atoms with Gasteiger partial charge < -0.3 is 4.74 Å². The molecule has 0 spiro atoms. The van der Waals surface area contributed by atoms with Gasteiger partial charge in [-0.05, 0) is 46.9 Å². The number of carbonyl (C=O) groups is 1. The van der Waals surface area contributed by atoms with Crippen LogP contribution in [0, 0.1) is 0 Å². The zero-order valence-electron chi connectivity index (χ0n) is 13.8. The van der Waals surface area contributed by atoms with Gasteiger partial charge in [-0.1, -0.05) is 56.6 Å². The summed E-state index contributed by atoms with van der Waals surface area (Å²) in [5, 5.41) is 0.647. The van der Waals surface area contributed by atoms with E-state index < -0.39 is 5.97 Å². The molecular weight excluding hydrogens is 322 g/mol. The van der Waals surface area contributed by atoms with Crippen LogP contribution in [0.3, 0.4) is 0 Å². The fourth-order valence-electron chi connectivity index (χ4n) is 2.36. The minimum Gasteiger partial charge on any atom is -0.402 e. The van der Waals surface area contributed by atoms with Crippen LogP contribution in [0.25, 0.3) is 6.08 Å². The minimum atomic E-state index is -0.445. The summed E-state index contributed by atoms with van der Waals surface area (Å²) in [7, 11) is 0. The Bertz CT molecular complexity index is 825. The smallest absolute Gasteiger partial charge is 0.363 e. The van der Waals surface area contributed by atoms with E-state index in [1.54, 1.807) is 18.2 Å². The molecule has 2 aromatic rings. The average Bonchev–Trinajstić information content (AvgIpc) is 2.90. The fraction of sp³-hybridized carbons (Fsp3) is 0.200. The van der Waals surface area contributed by atoms with E-state index in [1.165, 1.54) is 5.56 Å². The van der Waals surface area contributed by atoms with Gasteiger partial charge in [0.15, 0.2) is 5.70 Å². The minimum absolute atomic E-state index is 0.0757. The second kappa shape index (κ2) is 6.25. The molecule has 0 aromatic heterocycles. The van der Waals surface area contributed by atoms with Crippen LogP contribution < -0.4 is 0 Å². The third-order valence-corrected chi connectivity index (χ3v) is 4.04. The molecule has 1 heterocycles. The van der Waals surface area contributed by atoms with Gasteiger partial charge >= 0.3 is 5.97 Å². The first kappa shape index (κ1) is 16.5. The van der Waals surface area contributed by atoms with E-state index >= 15 is 0 Å². The molecule has 3 nitrogen and oxygen atoms in total. The van der Waals surface area contributed by atoms with Crippen LogP contribution in [0.2, 0.25) is 5.02 Å². The Morgan fingerprint density at radius 3 is 2.21 bits per heavy atom. The number of halogens is 1. The molecule has 0 radical (unpaired) electrons. The van der Waals surface area contributed by atoms with E-state index in [9.17, 15) is 4.79 Å². The highest BCUT2D eigenvalue weighted by molar-refractivity contribution is 6.30. The van der Waals surface area contributed by atoms with Gasteiger partial charge in [0, 0.05) is 10.6 Å². The Balaban J connectivity index is 1.87. The van der Waals surface area contributed by atoms with Crippen molar-refractivity contribution in [3.05, 3.63) is 75.9 Å². The van der Waals surface area contributed by atoms with Crippen molar-refractivity contribution in [3.63, 3.8) is 0 Å². The van der Waals surface area contributed by atoms with Crippen LogP contribution >= 0.6 is 11.6 Å². The highest BCUT2D eigenvalue weighted by Crippen LogP contribution is 2.24. The molecular formula is C20H18ClNO2. The van der Waals surface area contributed by atoms with Crippen molar-refractivity contribution < 1.29 is 9.53 Å². The van der Waals surface area contributed by atoms with Crippen LogP contribution in [-0.4, -0.2) is 11.9 Å². The summed E-state index contributed by atoms with van der Waals surface area (Å²) in [6.07, 6.45) is 1.69. The Kier molecular flexibility index (Phi) is 4.29. The van der Waals surface area contributed by atoms with Crippen LogP contribution in [0.15, 0.2) is 59.2 Å². The molecule has 122 valence electrons. The predicted octanol–water partition coefficient (Wildman–Crippen LogP) is 4.98. The second-order valence-electron chi connectivity index (χ2n) is 6.71. The number of aliphatic imine (C=N–C) groups is 1. The van der Waals surface area contributed by atoms with Crippen molar-refractivity contribution in [2.24, 2.45) is 4.99 Å². The molecule has 1 aliphatic rings. The van der Waals surface area contributed by atoms with Gasteiger partial charge in [0.05, 0.1) is 0 Å². The maximum atomic E-state index is 12.0. The molecule has 0 saturated heterocycles. The predicted molar refractivity (Wildman–Crippen MR) is 97.2 cm³/mol. The molecule has 0 saturated carbocycles. The molecule has 0 N–H and O–H groups in total. The van der Waals surface area contributed by atoms with Crippen LogP contribution in [-0.2, 0) is 14.9 Å². The zero-order chi connectivity index (χ0) is 17.3. The Labute approximate surface area is 146 Å². The molecule has 2 aromatic carbocycles. The molecule has 0 fully saturated rings. The molecule has 0 aliphatic carbocycles. The van der Waals surface area contributed by atoms with Crippen molar-refractivity contribution >= 4 is 29.5 Å². The molecule has 4 heteroatoms. The SMILES string of the molecule is CC(C)(C)c1ccc(C2=NC(=Cc3ccc(Cl)cc3)C(=O)O2)cc1. The van der Waals surface area contributed by atoms with E-state index in [1.807, 2.05) is 36.4 Å². The number of hydrogen-bond donors (Lipinski definition) is 0. The van der Waals surface area contributed by atoms with E-state index in [2.05, 4.69) is 25.8 Å². The lowest BCUT2D eigenvalue weighted by atomic mass is 9.87. The number of benzene rings is 2. The zero-order valence-corrected chi connectivity index (χ0v) is 14.6. The molecule has 0 bridgehead atoms. The average molecular weight is 340 g/mol. The van der Waals surface area contributed by atoms with Gasteiger partial charge in [0.1, 0.15) is 0 Å². The Morgan fingerprint density at radius 2 is 1.62 bits per heavy atom. The van der Waals surface area contributed by atoms with Crippen molar-refractivity contribution in [1.29, 1.82) is 0 Å². The number of hydrogen-bond acceptors (Lipinski definition) is 3. The van der Waals surface area contributed by atoms with E-state index in [0.29, 0.717) is 10.9 Å². The van der Waals surface area contributed by atoms with Crippen molar-refractivity contribution in [3.8, 4) is 0 Å². The Hall–Kier alpha value is -2.39. The maximum absolute atomic E-state index is 12.0. The highest BCUT2D eigenvalue weighted by atomic mass is 35.5. The lowest BCUT2D eigenvalue weighted by molar-refractivity contribution is -0.129. The van der Waals surface area contributed by atoms with Crippen molar-refractivity contribution in [2.75, 3.05) is 0 Å². The summed E-state index contributed by atoms with van der Waals surface area (Å²) in [6, 6.07) is 15.1. The van der Waals surface area contributed by atoms with Crippen molar-refractivity contribution in [1.82, 2.24) is 0 Å². The second-order valence-corrected chi connectivity index (χ2v) is 7.15. The number of nitrogens with zero attached hydrogens (tertiary/aromatic N) is 1. The largest absolute Gasteiger partial charge is 0.402 e. The standard InChI is InChI=1S/C20H18ClNO2/c1-20(2,3)15-8-6-14(7-9-15)18-22-17(19(23)24-18)12-13-4-10-16(21)11-5-13/h4-12H,1-3H3. The molecule has 24 heavy (non-hydrogen) atoms. The summed E-state index contributed by atoms with van der Waals surface area (Å²) in [5.74, 6) is -0.111. The third-order valence-electron chi connectivity index (χ3n) is 3.79. The van der Waals surface area contributed by atoms with Crippen molar-refractivity contribution in [2.45, 2.75) is 26.2 Å². The lowest BCUT2D eigenvalue weighted by Crippen LogP contribution is -2.11. The third kappa shape index (κ3) is 3.57. The van der Waals surface area contributed by atoms with Crippen LogP contribution in [0.1, 0.15) is 37.5 Å². The summed E-state index contributed by atoms with van der Waals surface area (Å²) >= 11 is 5.87. The van der Waals surface area contributed by atoms with Crippen LogP contribution in [0.5, 0.6) is 0 Å². The quantitative estimate of drug-likeness (QED) is 0.571. The van der Waals surface area contributed by atoms with Gasteiger partial charge in [-0.25, -0.2) is 9.79 Å². The lowest BCUT2D eigenvalue weighted by Gasteiger charge is -2.18. The number of rotatable bonds is 2. The van der Waals surface area contributed by atoms with Gasteiger partial charge in [-0.15, -0.1) is 0 Å². The number of esters is 1. The van der Waals surface area contributed by atoms with E-state index in [0.717, 1.165) is 11.1 Å². The topological polar surface area (TPSA) is 38.7 Å². The first-order chi connectivity index (χ1) is 11.3. The first-order valence-electron chi connectivity index (χ1n) is 7.72. The molecule has 1 aliphatic heterocycles. The first-order valence-corrected chi connectivity index (χ1v) is 8.10. The molecule has 0 unspecified atom stereocenters. The maximum Gasteiger partial charge on any atom is 0.363 e. The number of ether oxygens (including phenoxy) is 1.